The first-order valence-electron chi connectivity index (χ1n) is 3.89. The Morgan fingerprint density at radius 2 is 1.93 bits per heavy atom. The molecule has 0 fully saturated rings. The Labute approximate surface area is 130 Å². The molecule has 1 rings (SSSR count). The molecule has 1 aromatic carbocycles. The summed E-state index contributed by atoms with van der Waals surface area (Å²) >= 11 is 0. The van der Waals surface area contributed by atoms with Crippen LogP contribution in [0.3, 0.4) is 0 Å². The molecule has 0 amide bonds. The number of aliphatic carboxylic acids is 1. The summed E-state index contributed by atoms with van der Waals surface area (Å²) in [5.74, 6) is -1.51. The van der Waals surface area contributed by atoms with Crippen LogP contribution in [0.4, 0.5) is 0 Å². The Morgan fingerprint density at radius 3 is 2.33 bits per heavy atom. The Morgan fingerprint density at radius 1 is 1.40 bits per heavy atom. The second kappa shape index (κ2) is 7.03. The molecule has 0 atom stereocenters. The monoisotopic (exact) mass is 232 g/mol. The molecule has 0 radical (unpaired) electrons. The van der Waals surface area contributed by atoms with E-state index >= 15 is 0 Å². The molecule has 1 N–H and O–H groups in total. The molecule has 0 aromatic heterocycles. The van der Waals surface area contributed by atoms with Crippen molar-refractivity contribution in [2.75, 3.05) is 7.11 Å². The summed E-state index contributed by atoms with van der Waals surface area (Å²) in [6, 6.07) is 6.04. The second-order valence-corrected chi connectivity index (χ2v) is 2.59. The van der Waals surface area contributed by atoms with Crippen LogP contribution in [0.5, 0.6) is 5.75 Å². The molecule has 15 heavy (non-hydrogen) atoms. The van der Waals surface area contributed by atoms with Crippen molar-refractivity contribution in [2.45, 2.75) is 0 Å². The minimum Gasteiger partial charge on any atom is -0.542 e. The van der Waals surface area contributed by atoms with E-state index in [2.05, 4.69) is 4.74 Å². The van der Waals surface area contributed by atoms with Gasteiger partial charge in [0.15, 0.2) is 0 Å². The predicted octanol–water partition coefficient (Wildman–Crippen LogP) is -2.87. The number of phenols is 1. The molecule has 5 heteroatoms. The molecule has 4 nitrogen and oxygen atoms in total. The summed E-state index contributed by atoms with van der Waals surface area (Å²) < 4.78 is 4.58. The Balaban J connectivity index is 0.00000196. The van der Waals surface area contributed by atoms with Crippen LogP contribution in [0.2, 0.25) is 0 Å². The number of carbonyl (C=O) groups is 1. The maximum absolute atomic E-state index is 10.4. The molecular formula is C10H9KO4. The number of benzene rings is 1. The minimum atomic E-state index is -1.37. The quantitative estimate of drug-likeness (QED) is 0.346. The molecule has 1 aromatic rings. The average Bonchev–Trinajstić information content (AvgIpc) is 2.16. The smallest absolute Gasteiger partial charge is 0.542 e. The maximum atomic E-state index is 10.4. The fourth-order valence-electron chi connectivity index (χ4n) is 0.923. The Bertz CT molecular complexity index is 356. The zero-order valence-electron chi connectivity index (χ0n) is 8.56. The van der Waals surface area contributed by atoms with E-state index in [4.69, 9.17) is 5.11 Å². The molecule has 0 spiro atoms. The van der Waals surface area contributed by atoms with Gasteiger partial charge in [-0.05, 0) is 23.8 Å². The third-order valence-corrected chi connectivity index (χ3v) is 1.61. The number of methoxy groups -OCH3 is 1. The fraction of sp³-hybridized carbons (Fsp3) is 0.100. The summed E-state index contributed by atoms with van der Waals surface area (Å²) in [7, 11) is 1.25. The van der Waals surface area contributed by atoms with Gasteiger partial charge in [0.2, 0.25) is 0 Å². The molecule has 0 saturated carbocycles. The van der Waals surface area contributed by atoms with E-state index in [9.17, 15) is 9.90 Å². The van der Waals surface area contributed by atoms with Crippen molar-refractivity contribution in [2.24, 2.45) is 0 Å². The number of carboxylic acids is 1. The second-order valence-electron chi connectivity index (χ2n) is 2.59. The van der Waals surface area contributed by atoms with Crippen LogP contribution in [0.1, 0.15) is 5.56 Å². The minimum absolute atomic E-state index is 0. The Hall–Kier alpha value is -0.334. The van der Waals surface area contributed by atoms with E-state index in [1.165, 1.54) is 25.3 Å². The van der Waals surface area contributed by atoms with Gasteiger partial charge in [-0.3, -0.25) is 0 Å². The first kappa shape index (κ1) is 14.7. The number of hydrogen-bond donors (Lipinski definition) is 1. The van der Waals surface area contributed by atoms with Crippen molar-refractivity contribution in [3.05, 3.63) is 35.6 Å². The van der Waals surface area contributed by atoms with Gasteiger partial charge in [0.25, 0.3) is 0 Å². The largest absolute Gasteiger partial charge is 1.00 e. The number of aromatic hydroxyl groups is 1. The van der Waals surface area contributed by atoms with Gasteiger partial charge in [0.1, 0.15) is 17.5 Å². The molecule has 0 bridgehead atoms. The molecular weight excluding hydrogens is 223 g/mol. The van der Waals surface area contributed by atoms with Crippen LogP contribution in [-0.4, -0.2) is 18.2 Å². The van der Waals surface area contributed by atoms with Gasteiger partial charge in [0.05, 0.1) is 7.11 Å². The van der Waals surface area contributed by atoms with Crippen molar-refractivity contribution in [1.29, 1.82) is 0 Å². The van der Waals surface area contributed by atoms with Crippen molar-refractivity contribution in [3.63, 3.8) is 0 Å². The molecule has 74 valence electrons. The number of ether oxygens (including phenoxy) is 1. The third-order valence-electron chi connectivity index (χ3n) is 1.61. The van der Waals surface area contributed by atoms with E-state index < -0.39 is 5.97 Å². The van der Waals surface area contributed by atoms with E-state index in [0.717, 1.165) is 0 Å². The summed E-state index contributed by atoms with van der Waals surface area (Å²) in [6.07, 6.45) is 1.31. The number of rotatable bonds is 3. The predicted molar refractivity (Wildman–Crippen MR) is 48.1 cm³/mol. The summed E-state index contributed by atoms with van der Waals surface area (Å²) in [4.78, 5) is 10.4. The van der Waals surface area contributed by atoms with Crippen molar-refractivity contribution in [3.8, 4) is 5.75 Å². The normalized spacial score (nSPS) is 10.3. The van der Waals surface area contributed by atoms with Gasteiger partial charge >= 0.3 is 51.4 Å². The van der Waals surface area contributed by atoms with Gasteiger partial charge in [-0.1, -0.05) is 12.1 Å². The molecule has 0 saturated heterocycles. The maximum Gasteiger partial charge on any atom is 1.00 e. The zero-order valence-corrected chi connectivity index (χ0v) is 11.7. The SMILES string of the molecule is COC(=Cc1ccc(O)cc1)C(=O)[O-].[K+]. The standard InChI is InChI=1S/C10H10O4.K/c1-14-9(10(12)13)6-7-2-4-8(11)5-3-7;/h2-6,11H,1H3,(H,12,13);/q;+1/p-1. The number of carboxylic acid groups (broad SMARTS) is 1. The number of carbonyl (C=O) groups excluding carboxylic acids is 1. The van der Waals surface area contributed by atoms with Gasteiger partial charge in [-0.2, -0.15) is 0 Å². The Kier molecular flexibility index (Phi) is 6.87. The molecule has 0 heterocycles. The van der Waals surface area contributed by atoms with E-state index in [0.29, 0.717) is 5.56 Å². The van der Waals surface area contributed by atoms with Gasteiger partial charge in [-0.15, -0.1) is 0 Å². The first-order valence-corrected chi connectivity index (χ1v) is 3.89. The van der Waals surface area contributed by atoms with Crippen molar-refractivity contribution in [1.82, 2.24) is 0 Å². The van der Waals surface area contributed by atoms with Gasteiger partial charge in [-0.25, -0.2) is 0 Å². The van der Waals surface area contributed by atoms with Crippen LogP contribution in [-0.2, 0) is 9.53 Å². The van der Waals surface area contributed by atoms with Gasteiger partial charge < -0.3 is 19.7 Å². The van der Waals surface area contributed by atoms with E-state index in [1.807, 2.05) is 0 Å². The molecule has 0 aliphatic rings. The van der Waals surface area contributed by atoms with Crippen LogP contribution >= 0.6 is 0 Å². The topological polar surface area (TPSA) is 69.6 Å². The summed E-state index contributed by atoms with van der Waals surface area (Å²) in [6.45, 7) is 0. The number of phenolic OH excluding ortho intramolecular Hbond substituents is 1. The molecule has 0 unspecified atom stereocenters. The molecule has 0 aliphatic carbocycles. The van der Waals surface area contributed by atoms with Crippen molar-refractivity contribution < 1.29 is 71.1 Å². The zero-order chi connectivity index (χ0) is 10.6. The first-order chi connectivity index (χ1) is 6.63. The van der Waals surface area contributed by atoms with Crippen LogP contribution in [0, 0.1) is 0 Å². The van der Waals surface area contributed by atoms with Crippen LogP contribution in [0.25, 0.3) is 6.08 Å². The van der Waals surface area contributed by atoms with Crippen LogP contribution < -0.4 is 56.5 Å². The van der Waals surface area contributed by atoms with E-state index in [-0.39, 0.29) is 62.9 Å². The van der Waals surface area contributed by atoms with Crippen molar-refractivity contribution >= 4 is 12.0 Å². The summed E-state index contributed by atoms with van der Waals surface area (Å²) in [5, 5.41) is 19.4. The van der Waals surface area contributed by atoms with Crippen LogP contribution in [0.15, 0.2) is 30.0 Å². The fourth-order valence-corrected chi connectivity index (χ4v) is 0.923. The third kappa shape index (κ3) is 4.81. The number of hydrogen-bond acceptors (Lipinski definition) is 4. The van der Waals surface area contributed by atoms with Gasteiger partial charge in [0, 0.05) is 0 Å². The summed E-state index contributed by atoms with van der Waals surface area (Å²) in [5.41, 5.74) is 0.615. The van der Waals surface area contributed by atoms with E-state index in [1.54, 1.807) is 12.1 Å². The average molecular weight is 232 g/mol. The molecule has 0 aliphatic heterocycles.